The monoisotopic (exact) mass is 368 g/mol. The first-order valence-corrected chi connectivity index (χ1v) is 8.66. The van der Waals surface area contributed by atoms with Gasteiger partial charge < -0.3 is 14.7 Å². The highest BCUT2D eigenvalue weighted by Crippen LogP contribution is 2.35. The number of rotatable bonds is 3. The van der Waals surface area contributed by atoms with E-state index in [2.05, 4.69) is 9.97 Å². The molecule has 0 aliphatic carbocycles. The summed E-state index contributed by atoms with van der Waals surface area (Å²) in [6.45, 7) is 0. The van der Waals surface area contributed by atoms with Gasteiger partial charge in [-0.25, -0.2) is 9.97 Å². The third kappa shape index (κ3) is 2.38. The van der Waals surface area contributed by atoms with Gasteiger partial charge in [-0.15, -0.1) is 11.3 Å². The molecule has 1 N–H and O–H groups in total. The number of benzene rings is 1. The molecule has 1 aromatic carbocycles. The summed E-state index contributed by atoms with van der Waals surface area (Å²) in [7, 11) is 5.36. The SMILES string of the molecule is COc1ccc(-n2cnc3c(sc4nccc(N(C)C)c43)c2=O)cc1O. The highest BCUT2D eigenvalue weighted by Gasteiger charge is 2.17. The van der Waals surface area contributed by atoms with Gasteiger partial charge in [0.05, 0.1) is 29.4 Å². The van der Waals surface area contributed by atoms with Gasteiger partial charge in [-0.05, 0) is 18.2 Å². The van der Waals surface area contributed by atoms with Crippen molar-refractivity contribution in [3.8, 4) is 17.2 Å². The quantitative estimate of drug-likeness (QED) is 0.599. The summed E-state index contributed by atoms with van der Waals surface area (Å²) in [4.78, 5) is 24.7. The number of methoxy groups -OCH3 is 1. The number of anilines is 1. The summed E-state index contributed by atoms with van der Waals surface area (Å²) >= 11 is 1.32. The highest BCUT2D eigenvalue weighted by molar-refractivity contribution is 7.25. The van der Waals surface area contributed by atoms with E-state index in [-0.39, 0.29) is 11.3 Å². The fourth-order valence-electron chi connectivity index (χ4n) is 2.92. The Labute approximate surface area is 152 Å². The van der Waals surface area contributed by atoms with Gasteiger partial charge in [-0.1, -0.05) is 0 Å². The van der Waals surface area contributed by atoms with Gasteiger partial charge in [0.25, 0.3) is 5.56 Å². The Morgan fingerprint density at radius 3 is 2.73 bits per heavy atom. The molecular weight excluding hydrogens is 352 g/mol. The third-order valence-electron chi connectivity index (χ3n) is 4.18. The van der Waals surface area contributed by atoms with Crippen LogP contribution in [0.5, 0.6) is 11.5 Å². The number of pyridine rings is 1. The molecule has 3 aromatic heterocycles. The molecule has 8 heteroatoms. The summed E-state index contributed by atoms with van der Waals surface area (Å²) in [5, 5.41) is 10.9. The average Bonchev–Trinajstić information content (AvgIpc) is 3.01. The predicted molar refractivity (Wildman–Crippen MR) is 103 cm³/mol. The van der Waals surface area contributed by atoms with Crippen LogP contribution in [0, 0.1) is 0 Å². The zero-order valence-corrected chi connectivity index (χ0v) is 15.2. The van der Waals surface area contributed by atoms with E-state index in [1.54, 1.807) is 18.3 Å². The summed E-state index contributed by atoms with van der Waals surface area (Å²) < 4.78 is 6.98. The Balaban J connectivity index is 1.99. The van der Waals surface area contributed by atoms with Crippen LogP contribution in [0.15, 0.2) is 41.6 Å². The molecule has 0 unspecified atom stereocenters. The molecule has 3 heterocycles. The Kier molecular flexibility index (Phi) is 3.77. The maximum Gasteiger partial charge on any atom is 0.275 e. The Bertz CT molecular complexity index is 1200. The number of nitrogens with zero attached hydrogens (tertiary/aromatic N) is 4. The van der Waals surface area contributed by atoms with Crippen LogP contribution >= 0.6 is 11.3 Å². The van der Waals surface area contributed by atoms with Crippen molar-refractivity contribution in [3.05, 3.63) is 47.1 Å². The predicted octanol–water partition coefficient (Wildman–Crippen LogP) is 2.78. The van der Waals surface area contributed by atoms with Crippen molar-refractivity contribution < 1.29 is 9.84 Å². The molecule has 0 aliphatic rings. The van der Waals surface area contributed by atoms with E-state index in [9.17, 15) is 9.90 Å². The van der Waals surface area contributed by atoms with Crippen LogP contribution < -0.4 is 15.2 Å². The number of aromatic hydroxyl groups is 1. The van der Waals surface area contributed by atoms with Crippen LogP contribution in [-0.2, 0) is 0 Å². The van der Waals surface area contributed by atoms with Crippen LogP contribution in [0.2, 0.25) is 0 Å². The van der Waals surface area contributed by atoms with E-state index in [4.69, 9.17) is 4.74 Å². The minimum Gasteiger partial charge on any atom is -0.504 e. The van der Waals surface area contributed by atoms with Gasteiger partial charge >= 0.3 is 0 Å². The summed E-state index contributed by atoms with van der Waals surface area (Å²) in [5.41, 5.74) is 1.92. The number of aromatic nitrogens is 3. The third-order valence-corrected chi connectivity index (χ3v) is 5.26. The molecule has 0 bridgehead atoms. The number of phenolic OH excluding ortho intramolecular Hbond substituents is 1. The second kappa shape index (κ2) is 5.99. The van der Waals surface area contributed by atoms with Gasteiger partial charge in [-0.2, -0.15) is 0 Å². The molecule has 0 atom stereocenters. The lowest BCUT2D eigenvalue weighted by atomic mass is 10.2. The molecule has 7 nitrogen and oxygen atoms in total. The highest BCUT2D eigenvalue weighted by atomic mass is 32.1. The van der Waals surface area contributed by atoms with Crippen LogP contribution in [-0.4, -0.2) is 40.8 Å². The maximum absolute atomic E-state index is 13.0. The van der Waals surface area contributed by atoms with Gasteiger partial charge in [0, 0.05) is 26.4 Å². The Hall–Kier alpha value is -3.13. The zero-order valence-electron chi connectivity index (χ0n) is 14.4. The lowest BCUT2D eigenvalue weighted by Crippen LogP contribution is -2.17. The molecule has 0 amide bonds. The maximum atomic E-state index is 13.0. The number of fused-ring (bicyclic) bond motifs is 3. The smallest absolute Gasteiger partial charge is 0.275 e. The van der Waals surface area contributed by atoms with E-state index in [0.717, 1.165) is 15.9 Å². The molecule has 132 valence electrons. The second-order valence-electron chi connectivity index (χ2n) is 5.96. The van der Waals surface area contributed by atoms with Crippen LogP contribution in [0.4, 0.5) is 5.69 Å². The van der Waals surface area contributed by atoms with E-state index in [0.29, 0.717) is 21.7 Å². The number of phenols is 1. The Morgan fingerprint density at radius 1 is 1.23 bits per heavy atom. The van der Waals surface area contributed by atoms with Gasteiger partial charge in [0.15, 0.2) is 11.5 Å². The molecule has 0 spiro atoms. The fraction of sp³-hybridized carbons (Fsp3) is 0.167. The minimum absolute atomic E-state index is 0.0371. The largest absolute Gasteiger partial charge is 0.504 e. The molecule has 0 fully saturated rings. The van der Waals surface area contributed by atoms with E-state index in [1.165, 1.54) is 35.4 Å². The number of thiophene rings is 1. The second-order valence-corrected chi connectivity index (χ2v) is 6.96. The first-order valence-electron chi connectivity index (χ1n) is 7.85. The Morgan fingerprint density at radius 2 is 2.04 bits per heavy atom. The van der Waals surface area contributed by atoms with Crippen molar-refractivity contribution in [1.82, 2.24) is 14.5 Å². The molecular formula is C18H16N4O3S. The fourth-order valence-corrected chi connectivity index (χ4v) is 3.97. The molecule has 0 saturated heterocycles. The summed E-state index contributed by atoms with van der Waals surface area (Å²) in [6.07, 6.45) is 3.21. The average molecular weight is 368 g/mol. The number of hydrogen-bond acceptors (Lipinski definition) is 7. The summed E-state index contributed by atoms with van der Waals surface area (Å²) in [6, 6.07) is 6.69. The lowest BCUT2D eigenvalue weighted by molar-refractivity contribution is 0.373. The molecule has 0 radical (unpaired) electrons. The normalized spacial score (nSPS) is 11.2. The standard InChI is InChI=1S/C18H16N4O3S/c1-21(2)11-6-7-19-17-14(11)15-16(26-17)18(24)22(9-20-15)10-4-5-13(25-3)12(23)8-10/h4-9,23H,1-3H3. The summed E-state index contributed by atoms with van der Waals surface area (Å²) in [5.74, 6) is 0.308. The minimum atomic E-state index is -0.202. The van der Waals surface area contributed by atoms with Gasteiger partial charge in [-0.3, -0.25) is 9.36 Å². The first kappa shape index (κ1) is 16.3. The van der Waals surface area contributed by atoms with Gasteiger partial charge in [0.1, 0.15) is 15.9 Å². The number of ether oxygens (including phenoxy) is 1. The lowest BCUT2D eigenvalue weighted by Gasteiger charge is -2.13. The topological polar surface area (TPSA) is 80.5 Å². The van der Waals surface area contributed by atoms with E-state index in [1.807, 2.05) is 25.1 Å². The molecule has 4 aromatic rings. The molecule has 0 saturated carbocycles. The van der Waals surface area contributed by atoms with Crippen molar-refractivity contribution in [2.24, 2.45) is 0 Å². The molecule has 4 rings (SSSR count). The van der Waals surface area contributed by atoms with Gasteiger partial charge in [0.2, 0.25) is 0 Å². The van der Waals surface area contributed by atoms with Crippen LogP contribution in [0.25, 0.3) is 26.1 Å². The number of hydrogen-bond donors (Lipinski definition) is 1. The first-order chi connectivity index (χ1) is 12.5. The van der Waals surface area contributed by atoms with E-state index < -0.39 is 0 Å². The van der Waals surface area contributed by atoms with Crippen molar-refractivity contribution in [3.63, 3.8) is 0 Å². The van der Waals surface area contributed by atoms with Crippen molar-refractivity contribution in [2.75, 3.05) is 26.1 Å². The molecule has 0 aliphatic heterocycles. The van der Waals surface area contributed by atoms with Crippen LogP contribution in [0.3, 0.4) is 0 Å². The zero-order chi connectivity index (χ0) is 18.4. The van der Waals surface area contributed by atoms with Crippen molar-refractivity contribution in [2.45, 2.75) is 0 Å². The van der Waals surface area contributed by atoms with Crippen molar-refractivity contribution in [1.29, 1.82) is 0 Å². The van der Waals surface area contributed by atoms with Crippen molar-refractivity contribution >= 4 is 37.5 Å². The molecule has 26 heavy (non-hydrogen) atoms. The van der Waals surface area contributed by atoms with Crippen LogP contribution in [0.1, 0.15) is 0 Å². The van der Waals surface area contributed by atoms with E-state index >= 15 is 0 Å².